The second-order valence-electron chi connectivity index (χ2n) is 6.23. The molecule has 0 aliphatic carbocycles. The fourth-order valence-electron chi connectivity index (χ4n) is 3.95. The van der Waals surface area contributed by atoms with Crippen LogP contribution in [0, 0.1) is 10.8 Å². The summed E-state index contributed by atoms with van der Waals surface area (Å²) in [6.07, 6.45) is 1.85. The summed E-state index contributed by atoms with van der Waals surface area (Å²) < 4.78 is 11.8. The fraction of sp³-hybridized carbons (Fsp3) is 0.929. The summed E-state index contributed by atoms with van der Waals surface area (Å²) in [6.45, 7) is 12.4. The molecule has 2 fully saturated rings. The maximum atomic E-state index is 12.3. The summed E-state index contributed by atoms with van der Waals surface area (Å²) in [6, 6.07) is 0. The number of carbonyl (C=O) groups excluding carboxylic acids is 1. The summed E-state index contributed by atoms with van der Waals surface area (Å²) in [7, 11) is 0. The molecule has 2 aliphatic heterocycles. The van der Waals surface area contributed by atoms with E-state index in [2.05, 4.69) is 20.8 Å². The molecule has 4 unspecified atom stereocenters. The highest BCUT2D eigenvalue weighted by molar-refractivity contribution is 5.82. The number of carbonyl (C=O) groups is 1. The van der Waals surface area contributed by atoms with Gasteiger partial charge in [0.2, 0.25) is 0 Å². The molecule has 0 aromatic rings. The van der Waals surface area contributed by atoms with Crippen molar-refractivity contribution in [3.63, 3.8) is 0 Å². The molecule has 17 heavy (non-hydrogen) atoms. The highest BCUT2D eigenvalue weighted by Crippen LogP contribution is 2.65. The van der Waals surface area contributed by atoms with Gasteiger partial charge in [0, 0.05) is 0 Å². The van der Waals surface area contributed by atoms with Crippen molar-refractivity contribution in [2.45, 2.75) is 72.2 Å². The summed E-state index contributed by atoms with van der Waals surface area (Å²) in [5.74, 6) is -0.0900. The van der Waals surface area contributed by atoms with Gasteiger partial charge in [-0.15, -0.1) is 0 Å². The Hall–Kier alpha value is -0.570. The number of hydrogen-bond acceptors (Lipinski definition) is 3. The van der Waals surface area contributed by atoms with Crippen molar-refractivity contribution < 1.29 is 14.3 Å². The molecule has 0 spiro atoms. The van der Waals surface area contributed by atoms with Crippen LogP contribution in [-0.4, -0.2) is 23.8 Å². The molecular formula is C14H24O3. The molecule has 2 rings (SSSR count). The molecule has 0 aromatic heterocycles. The van der Waals surface area contributed by atoms with Crippen molar-refractivity contribution in [1.29, 1.82) is 0 Å². The van der Waals surface area contributed by atoms with Gasteiger partial charge in [-0.1, -0.05) is 20.8 Å². The zero-order chi connectivity index (χ0) is 13.1. The molecule has 98 valence electrons. The SMILES string of the molecule is CCC1OC(CC)C2(C)C(C)(C)OC(=O)C12C. The Kier molecular flexibility index (Phi) is 2.63. The van der Waals surface area contributed by atoms with Gasteiger partial charge in [0.1, 0.15) is 11.0 Å². The first kappa shape index (κ1) is 12.9. The van der Waals surface area contributed by atoms with Gasteiger partial charge in [0.15, 0.2) is 0 Å². The zero-order valence-electron chi connectivity index (χ0n) is 11.8. The van der Waals surface area contributed by atoms with Crippen molar-refractivity contribution >= 4 is 5.97 Å². The Labute approximate surface area is 104 Å². The van der Waals surface area contributed by atoms with Gasteiger partial charge in [-0.25, -0.2) is 0 Å². The van der Waals surface area contributed by atoms with Gasteiger partial charge in [0.25, 0.3) is 0 Å². The highest BCUT2D eigenvalue weighted by Gasteiger charge is 2.75. The van der Waals surface area contributed by atoms with Crippen LogP contribution in [0.2, 0.25) is 0 Å². The maximum absolute atomic E-state index is 12.3. The zero-order valence-corrected chi connectivity index (χ0v) is 11.8. The maximum Gasteiger partial charge on any atom is 0.315 e. The molecule has 0 radical (unpaired) electrons. The van der Waals surface area contributed by atoms with Gasteiger partial charge < -0.3 is 9.47 Å². The summed E-state index contributed by atoms with van der Waals surface area (Å²) in [5, 5.41) is 0. The van der Waals surface area contributed by atoms with Gasteiger partial charge in [-0.2, -0.15) is 0 Å². The standard InChI is InChI=1S/C14H24O3/c1-7-9-13(5)11(15)17-12(3,4)14(13,6)10(8-2)16-9/h9-10H,7-8H2,1-6H3. The Balaban J connectivity index is 2.58. The number of cyclic esters (lactones) is 1. The summed E-state index contributed by atoms with van der Waals surface area (Å²) in [5.41, 5.74) is -1.21. The first-order valence-corrected chi connectivity index (χ1v) is 6.64. The Morgan fingerprint density at radius 1 is 1.06 bits per heavy atom. The normalized spacial score (nSPS) is 48.0. The van der Waals surface area contributed by atoms with E-state index in [1.807, 2.05) is 20.8 Å². The van der Waals surface area contributed by atoms with Crippen molar-refractivity contribution in [3.05, 3.63) is 0 Å². The molecule has 2 aliphatic rings. The molecular weight excluding hydrogens is 216 g/mol. The van der Waals surface area contributed by atoms with E-state index in [9.17, 15) is 4.79 Å². The van der Waals surface area contributed by atoms with Crippen LogP contribution in [0.1, 0.15) is 54.4 Å². The van der Waals surface area contributed by atoms with E-state index in [1.54, 1.807) is 0 Å². The average molecular weight is 240 g/mol. The Morgan fingerprint density at radius 2 is 1.59 bits per heavy atom. The monoisotopic (exact) mass is 240 g/mol. The van der Waals surface area contributed by atoms with E-state index in [-0.39, 0.29) is 23.6 Å². The second kappa shape index (κ2) is 3.47. The number of hydrogen-bond donors (Lipinski definition) is 0. The second-order valence-corrected chi connectivity index (χ2v) is 6.23. The molecule has 2 saturated heterocycles. The van der Waals surface area contributed by atoms with E-state index < -0.39 is 11.0 Å². The predicted octanol–water partition coefficient (Wildman–Crippen LogP) is 2.92. The van der Waals surface area contributed by atoms with Crippen LogP contribution in [0.4, 0.5) is 0 Å². The Bertz CT molecular complexity index is 349. The van der Waals surface area contributed by atoms with Crippen LogP contribution in [0.25, 0.3) is 0 Å². The van der Waals surface area contributed by atoms with Crippen molar-refractivity contribution in [2.75, 3.05) is 0 Å². The lowest BCUT2D eigenvalue weighted by Crippen LogP contribution is -2.51. The van der Waals surface area contributed by atoms with Crippen LogP contribution in [0.5, 0.6) is 0 Å². The topological polar surface area (TPSA) is 35.5 Å². The largest absolute Gasteiger partial charge is 0.458 e. The highest BCUT2D eigenvalue weighted by atomic mass is 16.6. The Morgan fingerprint density at radius 3 is 2.06 bits per heavy atom. The first-order chi connectivity index (χ1) is 7.75. The molecule has 0 bridgehead atoms. The van der Waals surface area contributed by atoms with Crippen molar-refractivity contribution in [3.8, 4) is 0 Å². The van der Waals surface area contributed by atoms with Gasteiger partial charge >= 0.3 is 5.97 Å². The minimum Gasteiger partial charge on any atom is -0.458 e. The summed E-state index contributed by atoms with van der Waals surface area (Å²) in [4.78, 5) is 12.3. The number of ether oxygens (including phenoxy) is 2. The number of fused-ring (bicyclic) bond motifs is 1. The minimum atomic E-state index is -0.508. The molecule has 4 atom stereocenters. The van der Waals surface area contributed by atoms with E-state index >= 15 is 0 Å². The minimum absolute atomic E-state index is 0.0216. The molecule has 0 aromatic carbocycles. The van der Waals surface area contributed by atoms with Crippen LogP contribution in [-0.2, 0) is 14.3 Å². The molecule has 0 N–H and O–H groups in total. The molecule has 3 nitrogen and oxygen atoms in total. The first-order valence-electron chi connectivity index (χ1n) is 6.64. The van der Waals surface area contributed by atoms with Crippen LogP contribution in [0.15, 0.2) is 0 Å². The lowest BCUT2D eigenvalue weighted by Gasteiger charge is -2.41. The smallest absolute Gasteiger partial charge is 0.315 e. The lowest BCUT2D eigenvalue weighted by molar-refractivity contribution is -0.160. The van der Waals surface area contributed by atoms with Gasteiger partial charge in [-0.3, -0.25) is 4.79 Å². The third-order valence-corrected chi connectivity index (χ3v) is 5.46. The predicted molar refractivity (Wildman–Crippen MR) is 65.6 cm³/mol. The average Bonchev–Trinajstić information content (AvgIpc) is 2.56. The molecule has 3 heteroatoms. The number of esters is 1. The van der Waals surface area contributed by atoms with E-state index in [0.717, 1.165) is 12.8 Å². The lowest BCUT2D eigenvalue weighted by atomic mass is 9.56. The van der Waals surface area contributed by atoms with Crippen LogP contribution < -0.4 is 0 Å². The van der Waals surface area contributed by atoms with Crippen molar-refractivity contribution in [2.24, 2.45) is 10.8 Å². The van der Waals surface area contributed by atoms with E-state index in [4.69, 9.17) is 9.47 Å². The molecule has 0 saturated carbocycles. The summed E-state index contributed by atoms with van der Waals surface area (Å²) >= 11 is 0. The third kappa shape index (κ3) is 1.19. The molecule has 0 amide bonds. The van der Waals surface area contributed by atoms with Gasteiger partial charge in [0.05, 0.1) is 17.6 Å². The van der Waals surface area contributed by atoms with Crippen LogP contribution in [0.3, 0.4) is 0 Å². The number of rotatable bonds is 2. The third-order valence-electron chi connectivity index (χ3n) is 5.46. The van der Waals surface area contributed by atoms with Crippen LogP contribution >= 0.6 is 0 Å². The quantitative estimate of drug-likeness (QED) is 0.696. The van der Waals surface area contributed by atoms with E-state index in [1.165, 1.54) is 0 Å². The van der Waals surface area contributed by atoms with Gasteiger partial charge in [-0.05, 0) is 33.6 Å². The van der Waals surface area contributed by atoms with E-state index in [0.29, 0.717) is 0 Å². The van der Waals surface area contributed by atoms with Crippen molar-refractivity contribution in [1.82, 2.24) is 0 Å². The molecule has 2 heterocycles. The fourth-order valence-corrected chi connectivity index (χ4v) is 3.95.